The zero-order valence-corrected chi connectivity index (χ0v) is 15.8. The Morgan fingerprint density at radius 3 is 2.42 bits per heavy atom. The van der Waals surface area contributed by atoms with Crippen LogP contribution in [0.3, 0.4) is 0 Å². The summed E-state index contributed by atoms with van der Waals surface area (Å²) in [5.74, 6) is 1.07. The van der Waals surface area contributed by atoms with Gasteiger partial charge in [0.15, 0.2) is 0 Å². The summed E-state index contributed by atoms with van der Waals surface area (Å²) in [5.41, 5.74) is 0. The van der Waals surface area contributed by atoms with Crippen LogP contribution in [0.2, 0.25) is 0 Å². The molecule has 0 spiro atoms. The Labute approximate surface area is 152 Å². The first kappa shape index (κ1) is 21.2. The van der Waals surface area contributed by atoms with E-state index in [1.807, 2.05) is 0 Å². The van der Waals surface area contributed by atoms with Gasteiger partial charge in [0.2, 0.25) is 5.91 Å². The van der Waals surface area contributed by atoms with Crippen LogP contribution in [-0.2, 0) is 9.59 Å². The highest BCUT2D eigenvalue weighted by Crippen LogP contribution is 2.29. The first-order valence-corrected chi connectivity index (χ1v) is 9.19. The number of carboxylic acid groups (broad SMARTS) is 1. The van der Waals surface area contributed by atoms with Crippen LogP contribution < -0.4 is 5.32 Å². The minimum Gasteiger partial charge on any atom is -0.481 e. The molecule has 2 fully saturated rings. The Kier molecular flexibility index (Phi) is 9.06. The molecule has 0 aromatic rings. The molecule has 2 aliphatic rings. The summed E-state index contributed by atoms with van der Waals surface area (Å²) < 4.78 is 0. The van der Waals surface area contributed by atoms with Crippen molar-refractivity contribution >= 4 is 24.3 Å². The van der Waals surface area contributed by atoms with E-state index in [1.165, 1.54) is 25.7 Å². The van der Waals surface area contributed by atoms with Crippen molar-refractivity contribution in [2.45, 2.75) is 64.8 Å². The van der Waals surface area contributed by atoms with Gasteiger partial charge in [-0.1, -0.05) is 39.5 Å². The van der Waals surface area contributed by atoms with Crippen molar-refractivity contribution in [1.82, 2.24) is 10.2 Å². The van der Waals surface area contributed by atoms with Gasteiger partial charge in [-0.2, -0.15) is 0 Å². The molecule has 5 nitrogen and oxygen atoms in total. The molecule has 1 aliphatic heterocycles. The molecule has 2 atom stereocenters. The summed E-state index contributed by atoms with van der Waals surface area (Å²) in [4.78, 5) is 25.2. The second kappa shape index (κ2) is 10.2. The third-order valence-electron chi connectivity index (χ3n) is 5.54. The minimum atomic E-state index is -0.754. The smallest absolute Gasteiger partial charge is 0.304 e. The molecule has 0 aromatic heterocycles. The third-order valence-corrected chi connectivity index (χ3v) is 5.54. The van der Waals surface area contributed by atoms with Crippen LogP contribution in [0.5, 0.6) is 0 Å². The number of carbonyl (C=O) groups is 2. The number of carboxylic acids is 1. The van der Waals surface area contributed by atoms with E-state index >= 15 is 0 Å². The van der Waals surface area contributed by atoms with Crippen LogP contribution in [0.15, 0.2) is 0 Å². The highest BCUT2D eigenvalue weighted by atomic mass is 35.5. The topological polar surface area (TPSA) is 69.6 Å². The first-order chi connectivity index (χ1) is 11.0. The van der Waals surface area contributed by atoms with Gasteiger partial charge in [-0.15, -0.1) is 12.4 Å². The van der Waals surface area contributed by atoms with Crippen molar-refractivity contribution in [3.63, 3.8) is 0 Å². The maximum atomic E-state index is 12.3. The quantitative estimate of drug-likeness (QED) is 0.698. The molecule has 0 aromatic carbocycles. The average molecular weight is 361 g/mol. The second-order valence-electron chi connectivity index (χ2n) is 7.67. The predicted molar refractivity (Wildman–Crippen MR) is 97.4 cm³/mol. The Morgan fingerprint density at radius 1 is 1.17 bits per heavy atom. The fraction of sp³-hybridized carbons (Fsp3) is 0.889. The Bertz CT molecular complexity index is 411. The van der Waals surface area contributed by atoms with Crippen LogP contribution >= 0.6 is 12.4 Å². The number of aliphatic carboxylic acids is 1. The van der Waals surface area contributed by atoms with E-state index in [0.29, 0.717) is 24.8 Å². The lowest BCUT2D eigenvalue weighted by molar-refractivity contribution is -0.137. The molecular weight excluding hydrogens is 328 g/mol. The number of rotatable bonds is 8. The van der Waals surface area contributed by atoms with Crippen molar-refractivity contribution < 1.29 is 14.7 Å². The van der Waals surface area contributed by atoms with Gasteiger partial charge < -0.3 is 15.3 Å². The maximum Gasteiger partial charge on any atom is 0.304 e. The molecule has 1 amide bonds. The predicted octanol–water partition coefficient (Wildman–Crippen LogP) is 2.93. The molecule has 1 heterocycles. The molecule has 1 saturated carbocycles. The highest BCUT2D eigenvalue weighted by molar-refractivity contribution is 5.85. The number of carbonyl (C=O) groups excluding carboxylic acids is 1. The number of nitrogens with zero attached hydrogens (tertiary/aromatic N) is 1. The van der Waals surface area contributed by atoms with E-state index in [0.717, 1.165) is 25.4 Å². The SMILES string of the molecule is CC(C)[C@H]1CN(CCC(=O)O)C[C@@H]1NC(=O)CCC1CCCC1.Cl. The lowest BCUT2D eigenvalue weighted by Gasteiger charge is -2.23. The van der Waals surface area contributed by atoms with E-state index in [2.05, 4.69) is 24.1 Å². The third kappa shape index (κ3) is 6.60. The first-order valence-electron chi connectivity index (χ1n) is 9.19. The lowest BCUT2D eigenvalue weighted by atomic mass is 9.91. The van der Waals surface area contributed by atoms with Crippen LogP contribution in [0.4, 0.5) is 0 Å². The number of hydrogen-bond donors (Lipinski definition) is 2. The molecule has 6 heteroatoms. The molecule has 24 heavy (non-hydrogen) atoms. The van der Waals surface area contributed by atoms with E-state index in [1.54, 1.807) is 0 Å². The molecular formula is C18H33ClN2O3. The highest BCUT2D eigenvalue weighted by Gasteiger charge is 2.35. The number of amides is 1. The second-order valence-corrected chi connectivity index (χ2v) is 7.67. The zero-order chi connectivity index (χ0) is 16.8. The van der Waals surface area contributed by atoms with Gasteiger partial charge >= 0.3 is 5.97 Å². The Balaban J connectivity index is 0.00000288. The van der Waals surface area contributed by atoms with Gasteiger partial charge in [-0.05, 0) is 24.2 Å². The molecule has 2 rings (SSSR count). The van der Waals surface area contributed by atoms with Crippen molar-refractivity contribution in [2.75, 3.05) is 19.6 Å². The van der Waals surface area contributed by atoms with Crippen molar-refractivity contribution in [3.8, 4) is 0 Å². The van der Waals surface area contributed by atoms with E-state index in [4.69, 9.17) is 5.11 Å². The summed E-state index contributed by atoms with van der Waals surface area (Å²) in [7, 11) is 0. The van der Waals surface area contributed by atoms with Crippen molar-refractivity contribution in [3.05, 3.63) is 0 Å². The molecule has 1 aliphatic carbocycles. The largest absolute Gasteiger partial charge is 0.481 e. The fourth-order valence-corrected chi connectivity index (χ4v) is 4.09. The Hall–Kier alpha value is -0.810. The van der Waals surface area contributed by atoms with Gasteiger partial charge in [0.25, 0.3) is 0 Å². The number of likely N-dealkylation sites (tertiary alicyclic amines) is 1. The molecule has 0 radical (unpaired) electrons. The van der Waals surface area contributed by atoms with Crippen LogP contribution in [0.1, 0.15) is 58.8 Å². The van der Waals surface area contributed by atoms with Crippen LogP contribution in [-0.4, -0.2) is 47.6 Å². The summed E-state index contributed by atoms with van der Waals surface area (Å²) in [6.45, 7) is 6.61. The van der Waals surface area contributed by atoms with Gasteiger partial charge in [0, 0.05) is 32.1 Å². The minimum absolute atomic E-state index is 0. The summed E-state index contributed by atoms with van der Waals surface area (Å²) in [6.07, 6.45) is 7.05. The summed E-state index contributed by atoms with van der Waals surface area (Å²) in [5, 5.41) is 12.1. The lowest BCUT2D eigenvalue weighted by Crippen LogP contribution is -2.42. The average Bonchev–Trinajstić information content (AvgIpc) is 3.12. The van der Waals surface area contributed by atoms with E-state index < -0.39 is 5.97 Å². The van der Waals surface area contributed by atoms with Crippen molar-refractivity contribution in [2.24, 2.45) is 17.8 Å². The Morgan fingerprint density at radius 2 is 1.83 bits per heavy atom. The van der Waals surface area contributed by atoms with Gasteiger partial charge in [0.1, 0.15) is 0 Å². The van der Waals surface area contributed by atoms with Crippen LogP contribution in [0, 0.1) is 17.8 Å². The normalized spacial score (nSPS) is 25.0. The molecule has 1 saturated heterocycles. The molecule has 0 bridgehead atoms. The van der Waals surface area contributed by atoms with Crippen molar-refractivity contribution in [1.29, 1.82) is 0 Å². The number of hydrogen-bond acceptors (Lipinski definition) is 3. The summed E-state index contributed by atoms with van der Waals surface area (Å²) >= 11 is 0. The van der Waals surface area contributed by atoms with Gasteiger partial charge in [-0.25, -0.2) is 0 Å². The fourth-order valence-electron chi connectivity index (χ4n) is 4.09. The zero-order valence-electron chi connectivity index (χ0n) is 15.0. The van der Waals surface area contributed by atoms with E-state index in [9.17, 15) is 9.59 Å². The van der Waals surface area contributed by atoms with E-state index in [-0.39, 0.29) is 30.8 Å². The molecule has 140 valence electrons. The maximum absolute atomic E-state index is 12.3. The van der Waals surface area contributed by atoms with Crippen LogP contribution in [0.25, 0.3) is 0 Å². The standard InChI is InChI=1S/C18H32N2O3.ClH/c1-13(2)15-11-20(10-9-18(22)23)12-16(15)19-17(21)8-7-14-5-3-4-6-14;/h13-16H,3-12H2,1-2H3,(H,19,21)(H,22,23);1H/t15-,16+;/m1./s1. The molecule has 2 N–H and O–H groups in total. The summed E-state index contributed by atoms with van der Waals surface area (Å²) in [6, 6.07) is 0.167. The molecule has 0 unspecified atom stereocenters. The number of halogens is 1. The van der Waals surface area contributed by atoms with Gasteiger partial charge in [-0.3, -0.25) is 9.59 Å². The number of nitrogens with one attached hydrogen (secondary N) is 1. The monoisotopic (exact) mass is 360 g/mol. The van der Waals surface area contributed by atoms with Gasteiger partial charge in [0.05, 0.1) is 6.42 Å².